The van der Waals surface area contributed by atoms with E-state index in [0.29, 0.717) is 16.8 Å². The quantitative estimate of drug-likeness (QED) is 0.714. The normalized spacial score (nSPS) is 10.2. The van der Waals surface area contributed by atoms with E-state index in [4.69, 9.17) is 0 Å². The second-order valence-corrected chi connectivity index (χ2v) is 6.23. The molecule has 3 rings (SSSR count). The predicted molar refractivity (Wildman–Crippen MR) is 105 cm³/mol. The van der Waals surface area contributed by atoms with Crippen LogP contribution in [0, 0.1) is 13.8 Å². The lowest BCUT2D eigenvalue weighted by atomic mass is 10.1. The first-order valence-electron chi connectivity index (χ1n) is 8.37. The highest BCUT2D eigenvalue weighted by molar-refractivity contribution is 6.08. The Labute approximate surface area is 152 Å². The summed E-state index contributed by atoms with van der Waals surface area (Å²) in [7, 11) is 0. The van der Waals surface area contributed by atoms with Crippen molar-refractivity contribution in [2.45, 2.75) is 13.8 Å². The molecular formula is C22H20N2O2. The molecule has 2 N–H and O–H groups in total. The van der Waals surface area contributed by atoms with Crippen LogP contribution in [-0.2, 0) is 0 Å². The average Bonchev–Trinajstić information content (AvgIpc) is 2.62. The third-order valence-corrected chi connectivity index (χ3v) is 3.90. The molecule has 4 heteroatoms. The van der Waals surface area contributed by atoms with Gasteiger partial charge in [0, 0.05) is 22.5 Å². The molecule has 0 heterocycles. The van der Waals surface area contributed by atoms with Crippen LogP contribution in [0.2, 0.25) is 0 Å². The Kier molecular flexibility index (Phi) is 5.13. The molecule has 3 aromatic carbocycles. The van der Waals surface area contributed by atoms with Crippen molar-refractivity contribution in [3.8, 4) is 0 Å². The summed E-state index contributed by atoms with van der Waals surface area (Å²) in [5.41, 5.74) is 4.48. The summed E-state index contributed by atoms with van der Waals surface area (Å²) in [5, 5.41) is 5.70. The van der Waals surface area contributed by atoms with Crippen LogP contribution in [-0.4, -0.2) is 11.8 Å². The molecule has 0 aliphatic rings. The largest absolute Gasteiger partial charge is 0.322 e. The van der Waals surface area contributed by atoms with E-state index in [1.807, 2.05) is 62.4 Å². The second kappa shape index (κ2) is 7.66. The van der Waals surface area contributed by atoms with E-state index < -0.39 is 0 Å². The molecule has 0 spiro atoms. The first kappa shape index (κ1) is 17.4. The van der Waals surface area contributed by atoms with Crippen molar-refractivity contribution in [3.63, 3.8) is 0 Å². The maximum atomic E-state index is 12.5. The van der Waals surface area contributed by atoms with E-state index in [9.17, 15) is 9.59 Å². The van der Waals surface area contributed by atoms with Crippen molar-refractivity contribution in [2.75, 3.05) is 10.6 Å². The van der Waals surface area contributed by atoms with E-state index in [-0.39, 0.29) is 11.8 Å². The first-order valence-corrected chi connectivity index (χ1v) is 8.37. The van der Waals surface area contributed by atoms with Gasteiger partial charge in [0.25, 0.3) is 11.8 Å². The van der Waals surface area contributed by atoms with Crippen LogP contribution in [0.3, 0.4) is 0 Å². The highest BCUT2D eigenvalue weighted by atomic mass is 16.2. The van der Waals surface area contributed by atoms with Gasteiger partial charge in [-0.2, -0.15) is 0 Å². The lowest BCUT2D eigenvalue weighted by molar-refractivity contribution is 0.102. The number of carbonyl (C=O) groups excluding carboxylic acids is 2. The lowest BCUT2D eigenvalue weighted by Crippen LogP contribution is -2.15. The number of hydrogen-bond acceptors (Lipinski definition) is 2. The van der Waals surface area contributed by atoms with Gasteiger partial charge in [0.15, 0.2) is 0 Å². The number of anilines is 2. The molecule has 0 saturated carbocycles. The highest BCUT2D eigenvalue weighted by Crippen LogP contribution is 2.16. The van der Waals surface area contributed by atoms with Crippen LogP contribution >= 0.6 is 0 Å². The molecule has 0 aromatic heterocycles. The zero-order valence-electron chi connectivity index (χ0n) is 14.7. The molecule has 3 aromatic rings. The molecule has 2 amide bonds. The van der Waals surface area contributed by atoms with E-state index in [2.05, 4.69) is 10.6 Å². The molecule has 0 aliphatic heterocycles. The van der Waals surface area contributed by atoms with Gasteiger partial charge in [-0.05, 0) is 67.4 Å². The van der Waals surface area contributed by atoms with Crippen LogP contribution in [0.1, 0.15) is 31.8 Å². The standard InChI is InChI=1S/C22H20N2O2/c1-15-11-16(2)13-20(12-15)24-22(26)18-8-6-7-17(14-18)21(25)23-19-9-4-3-5-10-19/h3-14H,1-2H3,(H,23,25)(H,24,26). The van der Waals surface area contributed by atoms with Crippen molar-refractivity contribution < 1.29 is 9.59 Å². The molecule has 0 radical (unpaired) electrons. The molecule has 4 nitrogen and oxygen atoms in total. The van der Waals surface area contributed by atoms with Gasteiger partial charge in [0.05, 0.1) is 0 Å². The predicted octanol–water partition coefficient (Wildman–Crippen LogP) is 4.81. The first-order chi connectivity index (χ1) is 12.5. The van der Waals surface area contributed by atoms with E-state index in [1.54, 1.807) is 24.3 Å². The van der Waals surface area contributed by atoms with Gasteiger partial charge in [0.1, 0.15) is 0 Å². The van der Waals surface area contributed by atoms with Gasteiger partial charge in [0.2, 0.25) is 0 Å². The number of benzene rings is 3. The fourth-order valence-electron chi connectivity index (χ4n) is 2.78. The maximum absolute atomic E-state index is 12.5. The summed E-state index contributed by atoms with van der Waals surface area (Å²) < 4.78 is 0. The maximum Gasteiger partial charge on any atom is 0.255 e. The molecule has 0 aliphatic carbocycles. The van der Waals surface area contributed by atoms with Crippen LogP contribution in [0.25, 0.3) is 0 Å². The van der Waals surface area contributed by atoms with Crippen molar-refractivity contribution >= 4 is 23.2 Å². The number of aryl methyl sites for hydroxylation is 2. The average molecular weight is 344 g/mol. The molecule has 0 bridgehead atoms. The zero-order valence-corrected chi connectivity index (χ0v) is 14.7. The summed E-state index contributed by atoms with van der Waals surface area (Å²) in [6.45, 7) is 3.97. The highest BCUT2D eigenvalue weighted by Gasteiger charge is 2.11. The molecule has 0 saturated heterocycles. The number of rotatable bonds is 4. The van der Waals surface area contributed by atoms with Crippen molar-refractivity contribution in [1.82, 2.24) is 0 Å². The van der Waals surface area contributed by atoms with Gasteiger partial charge in [-0.3, -0.25) is 9.59 Å². The Morgan fingerprint density at radius 1 is 0.615 bits per heavy atom. The SMILES string of the molecule is Cc1cc(C)cc(NC(=O)c2cccc(C(=O)Nc3ccccc3)c2)c1. The molecule has 0 unspecified atom stereocenters. The Balaban J connectivity index is 1.75. The smallest absolute Gasteiger partial charge is 0.255 e. The Hall–Kier alpha value is -3.40. The third-order valence-electron chi connectivity index (χ3n) is 3.90. The number of carbonyl (C=O) groups is 2. The summed E-state index contributed by atoms with van der Waals surface area (Å²) in [6, 6.07) is 21.8. The minimum Gasteiger partial charge on any atom is -0.322 e. The molecule has 130 valence electrons. The van der Waals surface area contributed by atoms with Gasteiger partial charge in [-0.15, -0.1) is 0 Å². The fraction of sp³-hybridized carbons (Fsp3) is 0.0909. The Bertz CT molecular complexity index is 929. The molecule has 0 fully saturated rings. The molecule has 0 atom stereocenters. The summed E-state index contributed by atoms with van der Waals surface area (Å²) >= 11 is 0. The fourth-order valence-corrected chi connectivity index (χ4v) is 2.78. The third kappa shape index (κ3) is 4.36. The van der Waals surface area contributed by atoms with Gasteiger partial charge in [-0.1, -0.05) is 30.3 Å². The summed E-state index contributed by atoms with van der Waals surface area (Å²) in [5.74, 6) is -0.499. The van der Waals surface area contributed by atoms with E-state index >= 15 is 0 Å². The van der Waals surface area contributed by atoms with Crippen LogP contribution < -0.4 is 10.6 Å². The lowest BCUT2D eigenvalue weighted by Gasteiger charge is -2.09. The minimum atomic E-state index is -0.253. The van der Waals surface area contributed by atoms with E-state index in [1.165, 1.54) is 0 Å². The van der Waals surface area contributed by atoms with Crippen molar-refractivity contribution in [1.29, 1.82) is 0 Å². The Morgan fingerprint density at radius 2 is 1.15 bits per heavy atom. The summed E-state index contributed by atoms with van der Waals surface area (Å²) in [6.07, 6.45) is 0. The minimum absolute atomic E-state index is 0.246. The molecule has 26 heavy (non-hydrogen) atoms. The number of para-hydroxylation sites is 1. The van der Waals surface area contributed by atoms with Crippen molar-refractivity contribution in [2.24, 2.45) is 0 Å². The van der Waals surface area contributed by atoms with Gasteiger partial charge >= 0.3 is 0 Å². The van der Waals surface area contributed by atoms with Gasteiger partial charge < -0.3 is 10.6 Å². The summed E-state index contributed by atoms with van der Waals surface area (Å²) in [4.78, 5) is 24.9. The monoisotopic (exact) mass is 344 g/mol. The number of hydrogen-bond donors (Lipinski definition) is 2. The van der Waals surface area contributed by atoms with Gasteiger partial charge in [-0.25, -0.2) is 0 Å². The van der Waals surface area contributed by atoms with Crippen molar-refractivity contribution in [3.05, 3.63) is 95.1 Å². The number of amides is 2. The van der Waals surface area contributed by atoms with Crippen LogP contribution in [0.5, 0.6) is 0 Å². The zero-order chi connectivity index (χ0) is 18.5. The van der Waals surface area contributed by atoms with Crippen LogP contribution in [0.4, 0.5) is 11.4 Å². The topological polar surface area (TPSA) is 58.2 Å². The van der Waals surface area contributed by atoms with E-state index in [0.717, 1.165) is 16.8 Å². The second-order valence-electron chi connectivity index (χ2n) is 6.23. The Morgan fingerprint density at radius 3 is 1.73 bits per heavy atom. The molecular weight excluding hydrogens is 324 g/mol. The number of nitrogens with one attached hydrogen (secondary N) is 2. The van der Waals surface area contributed by atoms with Crippen LogP contribution in [0.15, 0.2) is 72.8 Å².